The van der Waals surface area contributed by atoms with E-state index in [9.17, 15) is 13.2 Å². The Morgan fingerprint density at radius 3 is 2.16 bits per heavy atom. The number of aryl methyl sites for hydroxylation is 1. The van der Waals surface area contributed by atoms with Crippen molar-refractivity contribution in [2.24, 2.45) is 5.92 Å². The van der Waals surface area contributed by atoms with Gasteiger partial charge < -0.3 is 4.90 Å². The topological polar surface area (TPSA) is 57.7 Å². The molecule has 1 saturated carbocycles. The minimum absolute atomic E-state index is 0.151. The van der Waals surface area contributed by atoms with E-state index in [0.29, 0.717) is 31.1 Å². The SMILES string of the molecule is CCc1ccc(S(=O)(=O)N2CCN(C(=O)C3CCCCC3)CC2)cc1. The van der Waals surface area contributed by atoms with E-state index in [1.54, 1.807) is 12.1 Å². The maximum atomic E-state index is 12.8. The summed E-state index contributed by atoms with van der Waals surface area (Å²) < 4.78 is 27.1. The molecule has 6 heteroatoms. The summed E-state index contributed by atoms with van der Waals surface area (Å²) >= 11 is 0. The molecule has 0 aromatic heterocycles. The molecule has 0 atom stereocenters. The number of hydrogen-bond donors (Lipinski definition) is 0. The number of nitrogens with zero attached hydrogens (tertiary/aromatic N) is 2. The van der Waals surface area contributed by atoms with E-state index >= 15 is 0 Å². The van der Waals surface area contributed by atoms with Crippen molar-refractivity contribution < 1.29 is 13.2 Å². The summed E-state index contributed by atoms with van der Waals surface area (Å²) in [6.07, 6.45) is 6.37. The maximum Gasteiger partial charge on any atom is 0.243 e. The summed E-state index contributed by atoms with van der Waals surface area (Å²) in [6.45, 7) is 3.82. The lowest BCUT2D eigenvalue weighted by molar-refractivity contribution is -0.137. The van der Waals surface area contributed by atoms with Crippen molar-refractivity contribution >= 4 is 15.9 Å². The molecule has 1 aromatic carbocycles. The largest absolute Gasteiger partial charge is 0.340 e. The van der Waals surface area contributed by atoms with Gasteiger partial charge in [-0.05, 0) is 37.0 Å². The van der Waals surface area contributed by atoms with Crippen molar-refractivity contribution in [2.45, 2.75) is 50.3 Å². The molecule has 1 aliphatic carbocycles. The predicted octanol–water partition coefficient (Wildman–Crippen LogP) is 2.66. The zero-order valence-electron chi connectivity index (χ0n) is 15.0. The lowest BCUT2D eigenvalue weighted by Gasteiger charge is -2.36. The molecule has 1 amide bonds. The zero-order valence-corrected chi connectivity index (χ0v) is 15.8. The van der Waals surface area contributed by atoms with Crippen molar-refractivity contribution in [3.8, 4) is 0 Å². The molecule has 138 valence electrons. The lowest BCUT2D eigenvalue weighted by atomic mass is 9.88. The predicted molar refractivity (Wildman–Crippen MR) is 97.7 cm³/mol. The second-order valence-corrected chi connectivity index (χ2v) is 9.00. The van der Waals surface area contributed by atoms with Crippen LogP contribution >= 0.6 is 0 Å². The number of sulfonamides is 1. The molecule has 2 aliphatic rings. The summed E-state index contributed by atoms with van der Waals surface area (Å²) in [5.74, 6) is 0.377. The number of benzene rings is 1. The van der Waals surface area contributed by atoms with Crippen LogP contribution in [0.1, 0.15) is 44.6 Å². The molecule has 0 N–H and O–H groups in total. The number of carbonyl (C=O) groups is 1. The molecule has 1 aliphatic heterocycles. The van der Waals surface area contributed by atoms with E-state index in [0.717, 1.165) is 37.7 Å². The maximum absolute atomic E-state index is 12.8. The van der Waals surface area contributed by atoms with Crippen LogP contribution in [0.2, 0.25) is 0 Å². The Balaban J connectivity index is 1.61. The molecule has 0 bridgehead atoms. The Morgan fingerprint density at radius 1 is 1.00 bits per heavy atom. The van der Waals surface area contributed by atoms with Crippen LogP contribution in [-0.4, -0.2) is 49.7 Å². The van der Waals surface area contributed by atoms with Gasteiger partial charge in [0.05, 0.1) is 4.90 Å². The van der Waals surface area contributed by atoms with Crippen LogP contribution in [0.4, 0.5) is 0 Å². The summed E-state index contributed by atoms with van der Waals surface area (Å²) in [4.78, 5) is 14.8. The number of rotatable bonds is 4. The van der Waals surface area contributed by atoms with Crippen LogP contribution in [0.15, 0.2) is 29.2 Å². The summed E-state index contributed by atoms with van der Waals surface area (Å²) in [5, 5.41) is 0. The minimum Gasteiger partial charge on any atom is -0.340 e. The Morgan fingerprint density at radius 2 is 1.60 bits per heavy atom. The molecule has 1 saturated heterocycles. The number of hydrogen-bond acceptors (Lipinski definition) is 3. The molecular weight excluding hydrogens is 336 g/mol. The van der Waals surface area contributed by atoms with Gasteiger partial charge in [0, 0.05) is 32.1 Å². The summed E-state index contributed by atoms with van der Waals surface area (Å²) in [5.41, 5.74) is 1.13. The van der Waals surface area contributed by atoms with Gasteiger partial charge >= 0.3 is 0 Å². The first-order valence-electron chi connectivity index (χ1n) is 9.40. The minimum atomic E-state index is -3.47. The zero-order chi connectivity index (χ0) is 17.9. The normalized spacial score (nSPS) is 20.6. The summed E-state index contributed by atoms with van der Waals surface area (Å²) in [7, 11) is -3.47. The number of amides is 1. The van der Waals surface area contributed by atoms with Gasteiger partial charge in [0.2, 0.25) is 15.9 Å². The van der Waals surface area contributed by atoms with Crippen LogP contribution in [0.25, 0.3) is 0 Å². The Bertz CT molecular complexity index is 686. The molecule has 25 heavy (non-hydrogen) atoms. The number of carbonyl (C=O) groups excluding carboxylic acids is 1. The highest BCUT2D eigenvalue weighted by Crippen LogP contribution is 2.26. The van der Waals surface area contributed by atoms with E-state index in [2.05, 4.69) is 0 Å². The fourth-order valence-electron chi connectivity index (χ4n) is 3.80. The molecule has 1 heterocycles. The third-order valence-corrected chi connectivity index (χ3v) is 7.39. The third-order valence-electron chi connectivity index (χ3n) is 5.47. The monoisotopic (exact) mass is 364 g/mol. The molecule has 0 radical (unpaired) electrons. The van der Waals surface area contributed by atoms with Crippen molar-refractivity contribution in [3.05, 3.63) is 29.8 Å². The highest BCUT2D eigenvalue weighted by molar-refractivity contribution is 7.89. The van der Waals surface area contributed by atoms with Gasteiger partial charge in [-0.25, -0.2) is 8.42 Å². The fourth-order valence-corrected chi connectivity index (χ4v) is 5.22. The molecular formula is C19H28N2O3S. The smallest absolute Gasteiger partial charge is 0.243 e. The van der Waals surface area contributed by atoms with Crippen molar-refractivity contribution in [1.29, 1.82) is 0 Å². The molecule has 5 nitrogen and oxygen atoms in total. The highest BCUT2D eigenvalue weighted by Gasteiger charge is 2.32. The second-order valence-electron chi connectivity index (χ2n) is 7.06. The van der Waals surface area contributed by atoms with Crippen LogP contribution in [0.3, 0.4) is 0 Å². The van der Waals surface area contributed by atoms with Crippen LogP contribution in [0.5, 0.6) is 0 Å². The average Bonchev–Trinajstić information content (AvgIpc) is 2.68. The van der Waals surface area contributed by atoms with Gasteiger partial charge in [0.15, 0.2) is 0 Å². The molecule has 2 fully saturated rings. The van der Waals surface area contributed by atoms with Crippen LogP contribution < -0.4 is 0 Å². The third kappa shape index (κ3) is 4.06. The quantitative estimate of drug-likeness (QED) is 0.825. The van der Waals surface area contributed by atoms with Gasteiger partial charge in [0.1, 0.15) is 0 Å². The van der Waals surface area contributed by atoms with Gasteiger partial charge in [-0.15, -0.1) is 0 Å². The van der Waals surface area contributed by atoms with Gasteiger partial charge in [-0.2, -0.15) is 4.31 Å². The first-order chi connectivity index (χ1) is 12.0. The molecule has 0 spiro atoms. The van der Waals surface area contributed by atoms with E-state index in [-0.39, 0.29) is 11.8 Å². The van der Waals surface area contributed by atoms with E-state index in [1.807, 2.05) is 24.0 Å². The highest BCUT2D eigenvalue weighted by atomic mass is 32.2. The van der Waals surface area contributed by atoms with E-state index in [1.165, 1.54) is 10.7 Å². The Hall–Kier alpha value is -1.40. The summed E-state index contributed by atoms with van der Waals surface area (Å²) in [6, 6.07) is 7.12. The van der Waals surface area contributed by atoms with Gasteiger partial charge in [0.25, 0.3) is 0 Å². The molecule has 1 aromatic rings. The second kappa shape index (κ2) is 7.87. The number of piperazine rings is 1. The van der Waals surface area contributed by atoms with E-state index in [4.69, 9.17) is 0 Å². The fraction of sp³-hybridized carbons (Fsp3) is 0.632. The average molecular weight is 365 g/mol. The Kier molecular flexibility index (Phi) is 5.79. The first kappa shape index (κ1) is 18.4. The lowest BCUT2D eigenvalue weighted by Crippen LogP contribution is -2.52. The van der Waals surface area contributed by atoms with Gasteiger partial charge in [-0.3, -0.25) is 4.79 Å². The first-order valence-corrected chi connectivity index (χ1v) is 10.8. The van der Waals surface area contributed by atoms with Crippen LogP contribution in [-0.2, 0) is 21.2 Å². The van der Waals surface area contributed by atoms with Crippen molar-refractivity contribution in [1.82, 2.24) is 9.21 Å². The Labute approximate surface area is 151 Å². The van der Waals surface area contributed by atoms with Crippen molar-refractivity contribution in [2.75, 3.05) is 26.2 Å². The molecule has 0 unspecified atom stereocenters. The van der Waals surface area contributed by atoms with Crippen molar-refractivity contribution in [3.63, 3.8) is 0 Å². The van der Waals surface area contributed by atoms with Crippen LogP contribution in [0, 0.1) is 5.92 Å². The standard InChI is InChI=1S/C19H28N2O3S/c1-2-16-8-10-18(11-9-16)25(23,24)21-14-12-20(13-15-21)19(22)17-6-4-3-5-7-17/h8-11,17H,2-7,12-15H2,1H3. The van der Waals surface area contributed by atoms with E-state index < -0.39 is 10.0 Å². The van der Waals surface area contributed by atoms with Gasteiger partial charge in [-0.1, -0.05) is 38.3 Å². The molecule has 3 rings (SSSR count).